The van der Waals surface area contributed by atoms with E-state index in [-0.39, 0.29) is 0 Å². The quantitative estimate of drug-likeness (QED) is 0.324. The van der Waals surface area contributed by atoms with Gasteiger partial charge in [-0.2, -0.15) is 0 Å². The van der Waals surface area contributed by atoms with Gasteiger partial charge in [-0.3, -0.25) is 0 Å². The largest absolute Gasteiger partial charge is 0.810 e. The first-order valence-electron chi connectivity index (χ1n) is 2.39. The Bertz CT molecular complexity index is 76.5. The molecule has 0 aliphatic rings. The summed E-state index contributed by atoms with van der Waals surface area (Å²) in [6.45, 7) is 4.40. The molecule has 0 N–H and O–H groups in total. The number of hydrogen-bond donors (Lipinski definition) is 0. The lowest BCUT2D eigenvalue weighted by Gasteiger charge is -2.01. The molecule has 0 radical (unpaired) electrons. The lowest BCUT2D eigenvalue weighted by molar-refractivity contribution is -0.168. The van der Waals surface area contributed by atoms with Crippen molar-refractivity contribution in [2.45, 2.75) is 13.8 Å². The van der Waals surface area contributed by atoms with Gasteiger partial charge >= 0.3 is 0 Å². The minimum Gasteiger partial charge on any atom is -0.810 e. The van der Waals surface area contributed by atoms with E-state index in [0.717, 1.165) is 0 Å². The Morgan fingerprint density at radius 1 is 1.75 bits per heavy atom. The minimum absolute atomic E-state index is 0.463. The highest BCUT2D eigenvalue weighted by Gasteiger charge is 1.73. The summed E-state index contributed by atoms with van der Waals surface area (Å²) in [5.41, 5.74) is 1.18. The fourth-order valence-corrected chi connectivity index (χ4v) is 0.394. The van der Waals surface area contributed by atoms with Crippen LogP contribution in [0.5, 0.6) is 0 Å². The van der Waals surface area contributed by atoms with E-state index >= 15 is 0 Å². The van der Waals surface area contributed by atoms with Crippen LogP contribution in [-0.2, 0) is 4.52 Å². The van der Waals surface area contributed by atoms with Gasteiger partial charge in [-0.05, 0) is 13.8 Å². The zero-order chi connectivity index (χ0) is 6.41. The molecule has 0 aliphatic carbocycles. The summed E-state index contributed by atoms with van der Waals surface area (Å²) in [5, 5.41) is 0. The van der Waals surface area contributed by atoms with Crippen LogP contribution in [0.15, 0.2) is 11.6 Å². The first-order chi connectivity index (χ1) is 3.77. The highest BCUT2D eigenvalue weighted by molar-refractivity contribution is 7.23. The van der Waals surface area contributed by atoms with Gasteiger partial charge in [0.1, 0.15) is 0 Å². The second kappa shape index (κ2) is 5.23. The summed E-state index contributed by atoms with van der Waals surface area (Å²) in [7, 11) is -0.637. The lowest BCUT2D eigenvalue weighted by atomic mass is 10.3. The van der Waals surface area contributed by atoms with Crippen LogP contribution < -0.4 is 4.89 Å². The molecule has 0 aliphatic heterocycles. The minimum atomic E-state index is -0.637. The van der Waals surface area contributed by atoms with Crippen molar-refractivity contribution >= 4 is 9.03 Å². The molecule has 0 fully saturated rings. The SMILES string of the molecule is CC(C)=CCOP[O-]. The number of rotatable bonds is 3. The third kappa shape index (κ3) is 6.09. The summed E-state index contributed by atoms with van der Waals surface area (Å²) in [4.78, 5) is 9.69. The standard InChI is InChI=1S/C5H10O2P/c1-5(2)3-4-7-8-6/h3,8H,4H2,1-2H3/q-1. The van der Waals surface area contributed by atoms with Gasteiger partial charge in [-0.15, -0.1) is 0 Å². The second-order valence-corrected chi connectivity index (χ2v) is 2.13. The van der Waals surface area contributed by atoms with E-state index in [1.165, 1.54) is 5.57 Å². The third-order valence-electron chi connectivity index (χ3n) is 0.634. The molecule has 0 aromatic heterocycles. The van der Waals surface area contributed by atoms with Crippen LogP contribution in [0.1, 0.15) is 13.8 Å². The summed E-state index contributed by atoms with van der Waals surface area (Å²) < 4.78 is 4.54. The molecule has 1 unspecified atom stereocenters. The van der Waals surface area contributed by atoms with Crippen LogP contribution in [0.25, 0.3) is 0 Å². The van der Waals surface area contributed by atoms with Crippen molar-refractivity contribution in [2.75, 3.05) is 6.61 Å². The first kappa shape index (κ1) is 8.09. The molecule has 0 aromatic rings. The zero-order valence-electron chi connectivity index (χ0n) is 5.10. The van der Waals surface area contributed by atoms with Crippen molar-refractivity contribution in [1.82, 2.24) is 0 Å². The summed E-state index contributed by atoms with van der Waals surface area (Å²) in [6.07, 6.45) is 1.88. The zero-order valence-corrected chi connectivity index (χ0v) is 6.10. The van der Waals surface area contributed by atoms with E-state index in [1.807, 2.05) is 19.9 Å². The maximum absolute atomic E-state index is 9.69. The molecular formula is C5H10O2P-. The van der Waals surface area contributed by atoms with Crippen molar-refractivity contribution in [3.8, 4) is 0 Å². The highest BCUT2D eigenvalue weighted by Crippen LogP contribution is 1.98. The van der Waals surface area contributed by atoms with E-state index in [9.17, 15) is 4.89 Å². The van der Waals surface area contributed by atoms with Gasteiger partial charge in [-0.25, -0.2) is 0 Å². The van der Waals surface area contributed by atoms with Crippen molar-refractivity contribution in [2.24, 2.45) is 0 Å². The Labute approximate surface area is 51.5 Å². The Morgan fingerprint density at radius 2 is 2.38 bits per heavy atom. The van der Waals surface area contributed by atoms with Crippen molar-refractivity contribution < 1.29 is 9.42 Å². The van der Waals surface area contributed by atoms with Crippen LogP contribution >= 0.6 is 9.03 Å². The molecule has 0 saturated heterocycles. The molecule has 0 heterocycles. The number of allylic oxidation sites excluding steroid dienone is 1. The normalized spacial score (nSPS) is 10.4. The average Bonchev–Trinajstić information content (AvgIpc) is 1.66. The molecule has 0 amide bonds. The average molecular weight is 133 g/mol. The fourth-order valence-electron chi connectivity index (χ4n) is 0.242. The predicted octanol–water partition coefficient (Wildman–Crippen LogP) is 0.838. The van der Waals surface area contributed by atoms with Gasteiger partial charge in [-0.1, -0.05) is 20.7 Å². The maximum Gasteiger partial charge on any atom is 0.0672 e. The van der Waals surface area contributed by atoms with Crippen molar-refractivity contribution in [3.63, 3.8) is 0 Å². The van der Waals surface area contributed by atoms with Crippen LogP contribution in [0.3, 0.4) is 0 Å². The van der Waals surface area contributed by atoms with Gasteiger partial charge in [0.2, 0.25) is 0 Å². The Hall–Kier alpha value is 0.0900. The molecule has 48 valence electrons. The molecule has 0 saturated carbocycles. The van der Waals surface area contributed by atoms with E-state index in [1.54, 1.807) is 0 Å². The Kier molecular flexibility index (Phi) is 5.29. The first-order valence-corrected chi connectivity index (χ1v) is 3.21. The van der Waals surface area contributed by atoms with E-state index < -0.39 is 9.03 Å². The van der Waals surface area contributed by atoms with E-state index in [2.05, 4.69) is 4.52 Å². The molecule has 8 heavy (non-hydrogen) atoms. The van der Waals surface area contributed by atoms with Crippen LogP contribution in [0.2, 0.25) is 0 Å². The van der Waals surface area contributed by atoms with Gasteiger partial charge < -0.3 is 9.42 Å². The third-order valence-corrected chi connectivity index (χ3v) is 0.918. The molecule has 1 atom stereocenters. The lowest BCUT2D eigenvalue weighted by Crippen LogP contribution is -1.86. The second-order valence-electron chi connectivity index (χ2n) is 1.68. The molecule has 0 rings (SSSR count). The van der Waals surface area contributed by atoms with Crippen molar-refractivity contribution in [1.29, 1.82) is 0 Å². The van der Waals surface area contributed by atoms with Gasteiger partial charge in [0.15, 0.2) is 0 Å². The highest BCUT2D eigenvalue weighted by atomic mass is 31.1. The Morgan fingerprint density at radius 3 is 2.75 bits per heavy atom. The van der Waals surface area contributed by atoms with E-state index in [4.69, 9.17) is 0 Å². The summed E-state index contributed by atoms with van der Waals surface area (Å²) in [6, 6.07) is 0. The van der Waals surface area contributed by atoms with Gasteiger partial charge in [0.25, 0.3) is 0 Å². The van der Waals surface area contributed by atoms with Gasteiger partial charge in [0.05, 0.1) is 6.61 Å². The maximum atomic E-state index is 9.69. The smallest absolute Gasteiger partial charge is 0.0672 e. The Balaban J connectivity index is 3.03. The van der Waals surface area contributed by atoms with E-state index in [0.29, 0.717) is 6.61 Å². The van der Waals surface area contributed by atoms with Crippen molar-refractivity contribution in [3.05, 3.63) is 11.6 Å². The van der Waals surface area contributed by atoms with Crippen LogP contribution in [0, 0.1) is 0 Å². The summed E-state index contributed by atoms with van der Waals surface area (Å²) in [5.74, 6) is 0. The molecule has 0 aromatic carbocycles. The molecule has 0 bridgehead atoms. The number of hydrogen-bond acceptors (Lipinski definition) is 2. The molecule has 2 nitrogen and oxygen atoms in total. The fraction of sp³-hybridized carbons (Fsp3) is 0.600. The molecule has 3 heteroatoms. The van der Waals surface area contributed by atoms with Gasteiger partial charge in [0, 0.05) is 0 Å². The molecular weight excluding hydrogens is 123 g/mol. The van der Waals surface area contributed by atoms with Crippen LogP contribution in [0.4, 0.5) is 0 Å². The predicted molar refractivity (Wildman–Crippen MR) is 33.7 cm³/mol. The summed E-state index contributed by atoms with van der Waals surface area (Å²) >= 11 is 0. The topological polar surface area (TPSA) is 32.3 Å². The van der Waals surface area contributed by atoms with Crippen LogP contribution in [-0.4, -0.2) is 6.61 Å². The molecule has 0 spiro atoms. The monoisotopic (exact) mass is 133 g/mol.